The van der Waals surface area contributed by atoms with Gasteiger partial charge in [-0.1, -0.05) is 43.5 Å². The lowest BCUT2D eigenvalue weighted by Crippen LogP contribution is -2.37. The van der Waals surface area contributed by atoms with E-state index in [1.54, 1.807) is 0 Å². The Balaban J connectivity index is 1.46. The van der Waals surface area contributed by atoms with E-state index < -0.39 is 0 Å². The first kappa shape index (κ1) is 20.6. The Morgan fingerprint density at radius 1 is 1.03 bits per heavy atom. The van der Waals surface area contributed by atoms with Crippen molar-refractivity contribution < 1.29 is 14.3 Å². The summed E-state index contributed by atoms with van der Waals surface area (Å²) in [5, 5.41) is 0.979. The molecule has 1 amide bonds. The molecule has 166 valence electrons. The topological polar surface area (TPSA) is 71.6 Å². The van der Waals surface area contributed by atoms with Crippen LogP contribution in [0.5, 0.6) is 11.5 Å². The maximum atomic E-state index is 13.5. The molecule has 0 saturated heterocycles. The van der Waals surface area contributed by atoms with Crippen LogP contribution in [0.1, 0.15) is 48.8 Å². The fourth-order valence-corrected chi connectivity index (χ4v) is 4.83. The molecule has 1 saturated carbocycles. The average Bonchev–Trinajstić information content (AvgIpc) is 3.28. The van der Waals surface area contributed by atoms with Gasteiger partial charge < -0.3 is 19.4 Å². The third-order valence-electron chi connectivity index (χ3n) is 6.60. The number of H-pyrrole nitrogens is 1. The van der Waals surface area contributed by atoms with E-state index in [1.165, 1.54) is 6.42 Å². The minimum absolute atomic E-state index is 0.0274. The summed E-state index contributed by atoms with van der Waals surface area (Å²) >= 11 is 0. The van der Waals surface area contributed by atoms with E-state index >= 15 is 0 Å². The van der Waals surface area contributed by atoms with Crippen molar-refractivity contribution in [2.45, 2.75) is 52.1 Å². The Bertz CT molecular complexity index is 1210. The largest absolute Gasteiger partial charge is 0.454 e. The minimum Gasteiger partial charge on any atom is -0.454 e. The van der Waals surface area contributed by atoms with Crippen LogP contribution < -0.4 is 15.0 Å². The Kier molecular flexibility index (Phi) is 5.60. The number of rotatable bonds is 5. The zero-order valence-corrected chi connectivity index (χ0v) is 18.4. The van der Waals surface area contributed by atoms with Crippen LogP contribution in [0.15, 0.2) is 47.3 Å². The molecule has 6 nitrogen and oxygen atoms in total. The van der Waals surface area contributed by atoms with Crippen molar-refractivity contribution in [3.63, 3.8) is 0 Å². The highest BCUT2D eigenvalue weighted by Crippen LogP contribution is 2.33. The zero-order valence-electron chi connectivity index (χ0n) is 18.4. The van der Waals surface area contributed by atoms with Crippen LogP contribution in [-0.2, 0) is 17.9 Å². The highest BCUT2D eigenvalue weighted by molar-refractivity contribution is 5.82. The standard InChI is InChI=1S/C26H28N2O4/c1-17-6-5-9-20-13-21(25(29)27-24(17)20)15-28(26(30)19-7-3-2-4-8-19)14-18-10-11-22-23(12-18)32-16-31-22/h5-6,9-13,19H,2-4,7-8,14-16H2,1H3,(H,27,29). The van der Waals surface area contributed by atoms with Crippen LogP contribution in [0, 0.1) is 12.8 Å². The van der Waals surface area contributed by atoms with Gasteiger partial charge in [-0.05, 0) is 54.5 Å². The number of hydrogen-bond acceptors (Lipinski definition) is 4. The summed E-state index contributed by atoms with van der Waals surface area (Å²) in [6, 6.07) is 13.6. The number of carbonyl (C=O) groups is 1. The highest BCUT2D eigenvalue weighted by Gasteiger charge is 2.27. The van der Waals surface area contributed by atoms with Gasteiger partial charge in [0.25, 0.3) is 5.56 Å². The normalized spacial score (nSPS) is 15.8. The molecule has 0 atom stereocenters. The summed E-state index contributed by atoms with van der Waals surface area (Å²) in [4.78, 5) is 31.3. The van der Waals surface area contributed by atoms with Crippen LogP contribution in [0.2, 0.25) is 0 Å². The average molecular weight is 433 g/mol. The number of aromatic amines is 1. The SMILES string of the molecule is Cc1cccc2cc(CN(Cc3ccc4c(c3)OCO4)C(=O)C3CCCCC3)c(=O)[nH]c12. The molecule has 2 aliphatic rings. The number of carbonyl (C=O) groups excluding carboxylic acids is 1. The fourth-order valence-electron chi connectivity index (χ4n) is 4.83. The van der Waals surface area contributed by atoms with Gasteiger partial charge >= 0.3 is 0 Å². The number of aromatic nitrogens is 1. The summed E-state index contributed by atoms with van der Waals surface area (Å²) in [5.41, 5.74) is 3.31. The van der Waals surface area contributed by atoms with Gasteiger partial charge in [0.1, 0.15) is 0 Å². The van der Waals surface area contributed by atoms with Gasteiger partial charge in [-0.25, -0.2) is 0 Å². The van der Waals surface area contributed by atoms with Gasteiger partial charge in [-0.2, -0.15) is 0 Å². The van der Waals surface area contributed by atoms with E-state index in [9.17, 15) is 9.59 Å². The maximum absolute atomic E-state index is 13.5. The number of ether oxygens (including phenoxy) is 2. The van der Waals surface area contributed by atoms with Crippen LogP contribution in [0.25, 0.3) is 10.9 Å². The van der Waals surface area contributed by atoms with Crippen molar-refractivity contribution in [3.05, 3.63) is 69.5 Å². The summed E-state index contributed by atoms with van der Waals surface area (Å²) in [5.74, 6) is 1.58. The van der Waals surface area contributed by atoms with Gasteiger partial charge in [0.2, 0.25) is 12.7 Å². The molecule has 2 heterocycles. The Morgan fingerprint density at radius 2 is 1.84 bits per heavy atom. The van der Waals surface area contributed by atoms with E-state index in [2.05, 4.69) is 4.98 Å². The molecule has 5 rings (SSSR count). The van der Waals surface area contributed by atoms with Crippen molar-refractivity contribution in [1.29, 1.82) is 0 Å². The van der Waals surface area contributed by atoms with Crippen molar-refractivity contribution >= 4 is 16.8 Å². The number of nitrogens with zero attached hydrogens (tertiary/aromatic N) is 1. The minimum atomic E-state index is -0.140. The summed E-state index contributed by atoms with van der Waals surface area (Å²) in [6.07, 6.45) is 5.21. The molecule has 0 bridgehead atoms. The molecule has 0 unspecified atom stereocenters. The fraction of sp³-hybridized carbons (Fsp3) is 0.385. The lowest BCUT2D eigenvalue weighted by molar-refractivity contribution is -0.137. The van der Waals surface area contributed by atoms with Crippen LogP contribution >= 0.6 is 0 Å². The first-order valence-electron chi connectivity index (χ1n) is 11.4. The van der Waals surface area contributed by atoms with Crippen molar-refractivity contribution in [2.75, 3.05) is 6.79 Å². The van der Waals surface area contributed by atoms with E-state index in [0.29, 0.717) is 17.9 Å². The second kappa shape index (κ2) is 8.69. The van der Waals surface area contributed by atoms with Gasteiger partial charge in [0.15, 0.2) is 11.5 Å². The predicted molar refractivity (Wildman–Crippen MR) is 123 cm³/mol. The second-order valence-corrected chi connectivity index (χ2v) is 8.88. The predicted octanol–water partition coefficient (Wildman–Crippen LogP) is 4.67. The molecule has 1 aromatic heterocycles. The Hall–Kier alpha value is -3.28. The molecule has 32 heavy (non-hydrogen) atoms. The third-order valence-corrected chi connectivity index (χ3v) is 6.60. The number of amides is 1. The second-order valence-electron chi connectivity index (χ2n) is 8.88. The summed E-state index contributed by atoms with van der Waals surface area (Å²) < 4.78 is 10.9. The number of para-hydroxylation sites is 1. The first-order chi connectivity index (χ1) is 15.6. The lowest BCUT2D eigenvalue weighted by Gasteiger charge is -2.29. The molecule has 1 aliphatic heterocycles. The van der Waals surface area contributed by atoms with Crippen molar-refractivity contribution in [1.82, 2.24) is 9.88 Å². The number of benzene rings is 2. The molecule has 0 radical (unpaired) electrons. The van der Waals surface area contributed by atoms with Crippen molar-refractivity contribution in [2.24, 2.45) is 5.92 Å². The van der Waals surface area contributed by atoms with Crippen molar-refractivity contribution in [3.8, 4) is 11.5 Å². The maximum Gasteiger partial charge on any atom is 0.253 e. The van der Waals surface area contributed by atoms with Crippen LogP contribution in [-0.4, -0.2) is 22.6 Å². The van der Waals surface area contributed by atoms with Gasteiger partial charge in [-0.15, -0.1) is 0 Å². The van der Waals surface area contributed by atoms with E-state index in [-0.39, 0.29) is 30.7 Å². The molecule has 1 fully saturated rings. The molecule has 3 aromatic rings. The number of fused-ring (bicyclic) bond motifs is 2. The number of nitrogens with one attached hydrogen (secondary N) is 1. The van der Waals surface area contributed by atoms with E-state index in [1.807, 2.05) is 54.3 Å². The molecule has 0 spiro atoms. The van der Waals surface area contributed by atoms with E-state index in [0.717, 1.165) is 53.5 Å². The lowest BCUT2D eigenvalue weighted by atomic mass is 9.88. The summed E-state index contributed by atoms with van der Waals surface area (Å²) in [7, 11) is 0. The van der Waals surface area contributed by atoms with Crippen LogP contribution in [0.3, 0.4) is 0 Å². The van der Waals surface area contributed by atoms with Gasteiger partial charge in [0.05, 0.1) is 12.1 Å². The molecule has 2 aromatic carbocycles. The quantitative estimate of drug-likeness (QED) is 0.636. The zero-order chi connectivity index (χ0) is 22.1. The monoisotopic (exact) mass is 432 g/mol. The number of pyridine rings is 1. The molecule has 1 N–H and O–H groups in total. The van der Waals surface area contributed by atoms with Gasteiger partial charge in [0, 0.05) is 18.0 Å². The van der Waals surface area contributed by atoms with Crippen LogP contribution in [0.4, 0.5) is 0 Å². The summed E-state index contributed by atoms with van der Waals surface area (Å²) in [6.45, 7) is 2.91. The molecule has 6 heteroatoms. The smallest absolute Gasteiger partial charge is 0.253 e. The Labute approximate surface area is 187 Å². The Morgan fingerprint density at radius 3 is 2.69 bits per heavy atom. The van der Waals surface area contributed by atoms with E-state index in [4.69, 9.17) is 9.47 Å². The highest BCUT2D eigenvalue weighted by atomic mass is 16.7. The number of aryl methyl sites for hydroxylation is 1. The molecular weight excluding hydrogens is 404 g/mol. The third kappa shape index (κ3) is 4.09. The molecular formula is C26H28N2O4. The van der Waals surface area contributed by atoms with Gasteiger partial charge in [-0.3, -0.25) is 9.59 Å². The molecule has 1 aliphatic carbocycles. The first-order valence-corrected chi connectivity index (χ1v) is 11.4. The number of hydrogen-bond donors (Lipinski definition) is 1.